The Bertz CT molecular complexity index is 173. The second-order valence-corrected chi connectivity index (χ2v) is 3.63. The molecule has 0 aliphatic carbocycles. The topological polar surface area (TPSA) is 12.9 Å². The lowest BCUT2D eigenvalue weighted by atomic mass is 10.3. The zero-order chi connectivity index (χ0) is 11.6. The van der Waals surface area contributed by atoms with Gasteiger partial charge in [0.1, 0.15) is 0 Å². The first-order valence-electron chi connectivity index (χ1n) is 5.94. The van der Waals surface area contributed by atoms with Gasteiger partial charge in [-0.3, -0.25) is 4.98 Å². The maximum Gasteiger partial charge on any atom is 0.0757 e. The minimum atomic E-state index is 1.28. The molecule has 1 aromatic rings. The van der Waals surface area contributed by atoms with Gasteiger partial charge in [0.05, 0.1) is 26.2 Å². The molecule has 0 atom stereocenters. The van der Waals surface area contributed by atoms with E-state index in [4.69, 9.17) is 0 Å². The van der Waals surface area contributed by atoms with Crippen molar-refractivity contribution in [2.45, 2.75) is 27.7 Å². The fourth-order valence-corrected chi connectivity index (χ4v) is 1.65. The molecular formula is C13H25N2+. The number of hydrogen-bond donors (Lipinski definition) is 0. The van der Waals surface area contributed by atoms with Crippen molar-refractivity contribution < 1.29 is 4.48 Å². The normalized spacial score (nSPS) is 10.4. The van der Waals surface area contributed by atoms with Crippen LogP contribution in [0.5, 0.6) is 0 Å². The lowest BCUT2D eigenvalue weighted by Gasteiger charge is -2.34. The largest absolute Gasteiger partial charge is 0.325 e. The third kappa shape index (κ3) is 5.53. The Morgan fingerprint density at radius 2 is 1.13 bits per heavy atom. The first-order valence-corrected chi connectivity index (χ1v) is 5.94. The van der Waals surface area contributed by atoms with Gasteiger partial charge in [-0.25, -0.2) is 0 Å². The molecule has 0 saturated heterocycles. The molecule has 2 heteroatoms. The average Bonchev–Trinajstić information content (AvgIpc) is 2.36. The summed E-state index contributed by atoms with van der Waals surface area (Å²) in [7, 11) is 0. The van der Waals surface area contributed by atoms with E-state index in [0.717, 1.165) is 0 Å². The van der Waals surface area contributed by atoms with Crippen LogP contribution in [0.2, 0.25) is 0 Å². The van der Waals surface area contributed by atoms with Gasteiger partial charge in [-0.05, 0) is 39.8 Å². The van der Waals surface area contributed by atoms with Crippen LogP contribution in [0, 0.1) is 0 Å². The molecule has 0 saturated carbocycles. The fourth-order valence-electron chi connectivity index (χ4n) is 1.65. The van der Waals surface area contributed by atoms with Crippen LogP contribution in [0.3, 0.4) is 0 Å². The molecule has 0 aliphatic heterocycles. The van der Waals surface area contributed by atoms with E-state index in [0.29, 0.717) is 0 Å². The summed E-state index contributed by atoms with van der Waals surface area (Å²) in [5, 5.41) is 0. The van der Waals surface area contributed by atoms with Gasteiger partial charge in [-0.1, -0.05) is 6.07 Å². The number of pyridine rings is 1. The molecule has 0 fully saturated rings. The van der Waals surface area contributed by atoms with Gasteiger partial charge in [0, 0.05) is 12.4 Å². The third-order valence-corrected chi connectivity index (χ3v) is 3.25. The Balaban J connectivity index is 0.000000280. The van der Waals surface area contributed by atoms with Crippen molar-refractivity contribution in [1.29, 1.82) is 0 Å². The van der Waals surface area contributed by atoms with E-state index >= 15 is 0 Å². The summed E-state index contributed by atoms with van der Waals surface area (Å²) in [6.45, 7) is 14.2. The first kappa shape index (κ1) is 14.1. The van der Waals surface area contributed by atoms with Gasteiger partial charge in [0.25, 0.3) is 0 Å². The number of aromatic nitrogens is 1. The maximum atomic E-state index is 3.78. The Kier molecular flexibility index (Phi) is 7.92. The highest BCUT2D eigenvalue weighted by molar-refractivity contribution is 4.88. The van der Waals surface area contributed by atoms with Crippen molar-refractivity contribution in [3.63, 3.8) is 0 Å². The molecule has 0 aliphatic rings. The summed E-state index contributed by atoms with van der Waals surface area (Å²) in [4.78, 5) is 3.78. The summed E-state index contributed by atoms with van der Waals surface area (Å²) in [6.07, 6.45) is 3.50. The molecular weight excluding hydrogens is 184 g/mol. The molecule has 1 heterocycles. The lowest BCUT2D eigenvalue weighted by Crippen LogP contribution is -2.47. The predicted molar refractivity (Wildman–Crippen MR) is 66.7 cm³/mol. The standard InChI is InChI=1S/C8H20N.C5H5N/c1-5-9(6-2,7-3)8-4;1-2-4-6-5-3-1/h5-8H2,1-4H3;1-5H/q+1;. The Hall–Kier alpha value is -0.890. The lowest BCUT2D eigenvalue weighted by molar-refractivity contribution is -0.921. The third-order valence-electron chi connectivity index (χ3n) is 3.25. The van der Waals surface area contributed by atoms with Crippen LogP contribution >= 0.6 is 0 Å². The molecule has 0 bridgehead atoms. The van der Waals surface area contributed by atoms with Crippen molar-refractivity contribution in [1.82, 2.24) is 4.98 Å². The van der Waals surface area contributed by atoms with Gasteiger partial charge in [-0.2, -0.15) is 0 Å². The summed E-state index contributed by atoms with van der Waals surface area (Å²) in [5.74, 6) is 0. The van der Waals surface area contributed by atoms with Crippen LogP contribution in [0.25, 0.3) is 0 Å². The molecule has 2 nitrogen and oxygen atoms in total. The van der Waals surface area contributed by atoms with E-state index in [1.807, 2.05) is 18.2 Å². The molecule has 86 valence electrons. The minimum absolute atomic E-state index is 1.28. The molecule has 0 spiro atoms. The van der Waals surface area contributed by atoms with E-state index < -0.39 is 0 Å². The molecule has 1 aromatic heterocycles. The molecule has 0 N–H and O–H groups in total. The molecule has 0 unspecified atom stereocenters. The number of hydrogen-bond acceptors (Lipinski definition) is 1. The fraction of sp³-hybridized carbons (Fsp3) is 0.615. The van der Waals surface area contributed by atoms with Crippen LogP contribution in [0.4, 0.5) is 0 Å². The van der Waals surface area contributed by atoms with Gasteiger partial charge in [-0.15, -0.1) is 0 Å². The number of nitrogens with zero attached hydrogens (tertiary/aromatic N) is 2. The Morgan fingerprint density at radius 3 is 1.20 bits per heavy atom. The van der Waals surface area contributed by atoms with Gasteiger partial charge >= 0.3 is 0 Å². The summed E-state index contributed by atoms with van der Waals surface area (Å²) >= 11 is 0. The zero-order valence-electron chi connectivity index (χ0n) is 10.6. The predicted octanol–water partition coefficient (Wildman–Crippen LogP) is 2.96. The molecule has 0 aromatic carbocycles. The number of quaternary nitrogens is 1. The van der Waals surface area contributed by atoms with Crippen LogP contribution in [-0.2, 0) is 0 Å². The van der Waals surface area contributed by atoms with Gasteiger partial charge in [0.2, 0.25) is 0 Å². The molecule has 0 amide bonds. The van der Waals surface area contributed by atoms with Crippen molar-refractivity contribution in [2.24, 2.45) is 0 Å². The van der Waals surface area contributed by atoms with Gasteiger partial charge < -0.3 is 4.48 Å². The molecule has 0 radical (unpaired) electrons. The molecule has 1 rings (SSSR count). The molecule has 15 heavy (non-hydrogen) atoms. The number of rotatable bonds is 4. The zero-order valence-corrected chi connectivity index (χ0v) is 10.6. The average molecular weight is 209 g/mol. The minimum Gasteiger partial charge on any atom is -0.325 e. The SMILES string of the molecule is CC[N+](CC)(CC)CC.c1ccncc1. The summed E-state index contributed by atoms with van der Waals surface area (Å²) < 4.78 is 1.28. The maximum absolute atomic E-state index is 3.78. The van der Waals surface area contributed by atoms with E-state index in [1.54, 1.807) is 12.4 Å². The van der Waals surface area contributed by atoms with Gasteiger partial charge in [0.15, 0.2) is 0 Å². The van der Waals surface area contributed by atoms with E-state index in [-0.39, 0.29) is 0 Å². The van der Waals surface area contributed by atoms with Crippen LogP contribution in [-0.4, -0.2) is 35.6 Å². The highest BCUT2D eigenvalue weighted by Gasteiger charge is 2.16. The second-order valence-electron chi connectivity index (χ2n) is 3.63. The smallest absolute Gasteiger partial charge is 0.0757 e. The monoisotopic (exact) mass is 209 g/mol. The van der Waals surface area contributed by atoms with Crippen LogP contribution < -0.4 is 0 Å². The van der Waals surface area contributed by atoms with Crippen molar-refractivity contribution in [2.75, 3.05) is 26.2 Å². The second kappa shape index (κ2) is 8.42. The Morgan fingerprint density at radius 1 is 0.733 bits per heavy atom. The van der Waals surface area contributed by atoms with Crippen molar-refractivity contribution >= 4 is 0 Å². The van der Waals surface area contributed by atoms with E-state index in [9.17, 15) is 0 Å². The first-order chi connectivity index (χ1) is 7.24. The van der Waals surface area contributed by atoms with Crippen LogP contribution in [0.1, 0.15) is 27.7 Å². The van der Waals surface area contributed by atoms with Crippen LogP contribution in [0.15, 0.2) is 30.6 Å². The van der Waals surface area contributed by atoms with Crippen molar-refractivity contribution in [3.8, 4) is 0 Å². The quantitative estimate of drug-likeness (QED) is 0.695. The highest BCUT2D eigenvalue weighted by Crippen LogP contribution is 2.03. The van der Waals surface area contributed by atoms with Crippen molar-refractivity contribution in [3.05, 3.63) is 30.6 Å². The highest BCUT2D eigenvalue weighted by atomic mass is 15.3. The Labute approximate surface area is 94.5 Å². The summed E-state index contributed by atoms with van der Waals surface area (Å²) in [5.41, 5.74) is 0. The van der Waals surface area contributed by atoms with E-state index in [1.165, 1.54) is 30.7 Å². The van der Waals surface area contributed by atoms with E-state index in [2.05, 4.69) is 32.7 Å². The summed E-state index contributed by atoms with van der Waals surface area (Å²) in [6, 6.07) is 5.72.